The van der Waals surface area contributed by atoms with Crippen molar-refractivity contribution < 1.29 is 0 Å². The zero-order chi connectivity index (χ0) is 7.82. The fourth-order valence-electron chi connectivity index (χ4n) is 0.669. The highest BCUT2D eigenvalue weighted by Gasteiger charge is 1.91. The Morgan fingerprint density at radius 3 is 2.70 bits per heavy atom. The summed E-state index contributed by atoms with van der Waals surface area (Å²) in [6, 6.07) is 0. The third-order valence-corrected chi connectivity index (χ3v) is 1.23. The molecule has 0 aliphatic heterocycles. The average Bonchev–Trinajstić information content (AvgIpc) is 1.98. The van der Waals surface area contributed by atoms with Gasteiger partial charge >= 0.3 is 0 Å². The van der Waals surface area contributed by atoms with Crippen molar-refractivity contribution in [3.63, 3.8) is 0 Å². The first-order chi connectivity index (χ1) is 4.85. The summed E-state index contributed by atoms with van der Waals surface area (Å²) in [7, 11) is 1.72. The van der Waals surface area contributed by atoms with Crippen molar-refractivity contribution in [2.45, 2.75) is 26.2 Å². The molecule has 0 spiro atoms. The molecule has 0 unspecified atom stereocenters. The van der Waals surface area contributed by atoms with Gasteiger partial charge in [0.05, 0.1) is 5.71 Å². The van der Waals surface area contributed by atoms with Crippen LogP contribution in [0.5, 0.6) is 0 Å². The molecule has 58 valence electrons. The third-order valence-electron chi connectivity index (χ3n) is 1.23. The van der Waals surface area contributed by atoms with E-state index in [0.717, 1.165) is 25.0 Å². The second-order valence-electron chi connectivity index (χ2n) is 2.11. The summed E-state index contributed by atoms with van der Waals surface area (Å²) in [5, 5.41) is 3.58. The van der Waals surface area contributed by atoms with E-state index in [4.69, 9.17) is 5.84 Å². The third kappa shape index (κ3) is 4.06. The lowest BCUT2D eigenvalue weighted by atomic mass is 10.2. The number of hydrogen-bond acceptors (Lipinski definition) is 3. The molecule has 0 aromatic carbocycles. The van der Waals surface area contributed by atoms with Gasteiger partial charge in [-0.05, 0) is 12.8 Å². The summed E-state index contributed by atoms with van der Waals surface area (Å²) in [5.41, 5.74) is 0.879. The van der Waals surface area contributed by atoms with Gasteiger partial charge in [-0.25, -0.2) is 0 Å². The predicted molar refractivity (Wildman–Crippen MR) is 45.6 cm³/mol. The number of hydrogen-bond donors (Lipinski definition) is 1. The maximum Gasteiger partial charge on any atom is 0.0778 e. The number of hydrazone groups is 1. The van der Waals surface area contributed by atoms with Crippen LogP contribution in [0.3, 0.4) is 0 Å². The van der Waals surface area contributed by atoms with Gasteiger partial charge in [-0.3, -0.25) is 4.99 Å². The van der Waals surface area contributed by atoms with Crippen LogP contribution in [-0.2, 0) is 0 Å². The van der Waals surface area contributed by atoms with E-state index in [1.54, 1.807) is 13.3 Å². The van der Waals surface area contributed by atoms with Gasteiger partial charge in [-0.15, -0.1) is 0 Å². The molecule has 3 heteroatoms. The van der Waals surface area contributed by atoms with Gasteiger partial charge < -0.3 is 5.84 Å². The fourth-order valence-corrected chi connectivity index (χ4v) is 0.669. The van der Waals surface area contributed by atoms with E-state index in [9.17, 15) is 0 Å². The molecule has 0 heterocycles. The topological polar surface area (TPSA) is 50.7 Å². The molecule has 0 aromatic rings. The summed E-state index contributed by atoms with van der Waals surface area (Å²) in [4.78, 5) is 3.82. The van der Waals surface area contributed by atoms with Crippen LogP contribution >= 0.6 is 0 Å². The monoisotopic (exact) mass is 141 g/mol. The van der Waals surface area contributed by atoms with Crippen LogP contribution in [-0.4, -0.2) is 19.0 Å². The number of rotatable bonds is 4. The lowest BCUT2D eigenvalue weighted by Gasteiger charge is -1.94. The highest BCUT2D eigenvalue weighted by atomic mass is 15.1. The molecular formula is C7H15N3. The standard InChI is InChI=1S/C7H15N3/c1-3-4-5-7(10-8)6-9-2/h6H,3-5,8H2,1-2H3. The molecule has 0 aromatic heterocycles. The molecule has 0 rings (SSSR count). The molecule has 3 nitrogen and oxygen atoms in total. The van der Waals surface area contributed by atoms with Crippen molar-refractivity contribution in [1.82, 2.24) is 0 Å². The number of aliphatic imine (C=N–C) groups is 1. The van der Waals surface area contributed by atoms with E-state index < -0.39 is 0 Å². The van der Waals surface area contributed by atoms with Gasteiger partial charge in [0, 0.05) is 13.3 Å². The SMILES string of the molecule is CCCCC(C=NC)=NN. The van der Waals surface area contributed by atoms with E-state index >= 15 is 0 Å². The Balaban J connectivity index is 3.62. The first-order valence-corrected chi connectivity index (χ1v) is 3.54. The van der Waals surface area contributed by atoms with Crippen LogP contribution in [0.25, 0.3) is 0 Å². The molecule has 0 bridgehead atoms. The van der Waals surface area contributed by atoms with Crippen molar-refractivity contribution in [2.24, 2.45) is 15.9 Å². The Morgan fingerprint density at radius 1 is 1.60 bits per heavy atom. The maximum absolute atomic E-state index is 5.10. The molecule has 0 amide bonds. The normalized spacial score (nSPS) is 12.8. The Morgan fingerprint density at radius 2 is 2.30 bits per heavy atom. The van der Waals surface area contributed by atoms with E-state index in [0.29, 0.717) is 0 Å². The first-order valence-electron chi connectivity index (χ1n) is 3.54. The largest absolute Gasteiger partial charge is 0.323 e. The average molecular weight is 141 g/mol. The Labute approximate surface area is 62.0 Å². The molecule has 2 N–H and O–H groups in total. The van der Waals surface area contributed by atoms with Gasteiger partial charge in [-0.2, -0.15) is 5.10 Å². The summed E-state index contributed by atoms with van der Waals surface area (Å²) in [6.45, 7) is 2.14. The molecule has 0 aliphatic carbocycles. The van der Waals surface area contributed by atoms with E-state index in [1.165, 1.54) is 0 Å². The summed E-state index contributed by atoms with van der Waals surface area (Å²) >= 11 is 0. The predicted octanol–water partition coefficient (Wildman–Crippen LogP) is 1.19. The van der Waals surface area contributed by atoms with Crippen molar-refractivity contribution in [2.75, 3.05) is 7.05 Å². The highest BCUT2D eigenvalue weighted by Crippen LogP contribution is 1.94. The van der Waals surface area contributed by atoms with Crippen molar-refractivity contribution in [3.8, 4) is 0 Å². The first kappa shape index (κ1) is 9.14. The quantitative estimate of drug-likeness (QED) is 0.357. The molecule has 10 heavy (non-hydrogen) atoms. The van der Waals surface area contributed by atoms with Gasteiger partial charge in [0.15, 0.2) is 0 Å². The minimum absolute atomic E-state index is 0.879. The van der Waals surface area contributed by atoms with Crippen LogP contribution in [0.1, 0.15) is 26.2 Å². The van der Waals surface area contributed by atoms with Gasteiger partial charge in [0.2, 0.25) is 0 Å². The van der Waals surface area contributed by atoms with Crippen molar-refractivity contribution in [1.29, 1.82) is 0 Å². The second-order valence-corrected chi connectivity index (χ2v) is 2.11. The highest BCUT2D eigenvalue weighted by molar-refractivity contribution is 6.30. The number of nitrogens with two attached hydrogens (primary N) is 1. The molecule has 0 fully saturated rings. The van der Waals surface area contributed by atoms with Crippen LogP contribution in [0, 0.1) is 0 Å². The summed E-state index contributed by atoms with van der Waals surface area (Å²) in [6.07, 6.45) is 4.93. The summed E-state index contributed by atoms with van der Waals surface area (Å²) < 4.78 is 0. The molecular weight excluding hydrogens is 126 g/mol. The smallest absolute Gasteiger partial charge is 0.0778 e. The van der Waals surface area contributed by atoms with E-state index in [-0.39, 0.29) is 0 Å². The zero-order valence-electron chi connectivity index (χ0n) is 6.67. The Bertz CT molecular complexity index is 127. The minimum Gasteiger partial charge on any atom is -0.323 e. The minimum atomic E-state index is 0.879. The molecule has 0 radical (unpaired) electrons. The van der Waals surface area contributed by atoms with E-state index in [1.807, 2.05) is 0 Å². The molecule has 0 saturated carbocycles. The van der Waals surface area contributed by atoms with Gasteiger partial charge in [0.1, 0.15) is 0 Å². The molecule has 0 atom stereocenters. The van der Waals surface area contributed by atoms with Crippen LogP contribution in [0.2, 0.25) is 0 Å². The van der Waals surface area contributed by atoms with Crippen molar-refractivity contribution in [3.05, 3.63) is 0 Å². The maximum atomic E-state index is 5.10. The second kappa shape index (κ2) is 6.26. The van der Waals surface area contributed by atoms with Crippen LogP contribution in [0.15, 0.2) is 10.1 Å². The van der Waals surface area contributed by atoms with Crippen LogP contribution in [0.4, 0.5) is 0 Å². The zero-order valence-corrected chi connectivity index (χ0v) is 6.67. The lowest BCUT2D eigenvalue weighted by Crippen LogP contribution is -2.03. The van der Waals surface area contributed by atoms with Gasteiger partial charge in [0.25, 0.3) is 0 Å². The van der Waals surface area contributed by atoms with Crippen LogP contribution < -0.4 is 5.84 Å². The Kier molecular flexibility index (Phi) is 5.72. The Hall–Kier alpha value is -0.860. The van der Waals surface area contributed by atoms with E-state index in [2.05, 4.69) is 17.0 Å². The lowest BCUT2D eigenvalue weighted by molar-refractivity contribution is 0.836. The molecule has 0 saturated heterocycles. The van der Waals surface area contributed by atoms with Crippen molar-refractivity contribution >= 4 is 11.9 Å². The number of nitrogens with zero attached hydrogens (tertiary/aromatic N) is 2. The number of unbranched alkanes of at least 4 members (excludes halogenated alkanes) is 1. The summed E-state index contributed by atoms with van der Waals surface area (Å²) in [5.74, 6) is 5.10. The molecule has 0 aliphatic rings. The van der Waals surface area contributed by atoms with Gasteiger partial charge in [-0.1, -0.05) is 13.3 Å². The fraction of sp³-hybridized carbons (Fsp3) is 0.714.